The van der Waals surface area contributed by atoms with Crippen LogP contribution in [-0.4, -0.2) is 48.2 Å². The summed E-state index contributed by atoms with van der Waals surface area (Å²) in [4.78, 5) is 24.9. The Kier molecular flexibility index (Phi) is 9.22. The molecule has 2 heterocycles. The van der Waals surface area contributed by atoms with E-state index >= 15 is 0 Å². The van der Waals surface area contributed by atoms with Crippen LogP contribution >= 0.6 is 45.4 Å². The van der Waals surface area contributed by atoms with Crippen molar-refractivity contribution in [3.63, 3.8) is 0 Å². The molecular weight excluding hydrogens is 524 g/mol. The van der Waals surface area contributed by atoms with Crippen molar-refractivity contribution in [2.24, 2.45) is 5.14 Å². The number of ether oxygens (including phenoxy) is 2. The van der Waals surface area contributed by atoms with Gasteiger partial charge in [0, 0.05) is 16.8 Å². The summed E-state index contributed by atoms with van der Waals surface area (Å²) in [5, 5.41) is 8.25. The van der Waals surface area contributed by atoms with E-state index in [1.165, 1.54) is 24.1 Å². The molecule has 0 bridgehead atoms. The van der Waals surface area contributed by atoms with Gasteiger partial charge in [0.15, 0.2) is 12.7 Å². The first-order valence-corrected chi connectivity index (χ1v) is 14.6. The first-order chi connectivity index (χ1) is 16.1. The average Bonchev–Trinajstić information content (AvgIpc) is 3.42. The highest BCUT2D eigenvalue weighted by atomic mass is 35.5. The second-order valence-corrected chi connectivity index (χ2v) is 12.6. The van der Waals surface area contributed by atoms with Gasteiger partial charge in [0.05, 0.1) is 10.4 Å². The van der Waals surface area contributed by atoms with Crippen molar-refractivity contribution in [3.8, 4) is 11.5 Å². The molecule has 7 nitrogen and oxygen atoms in total. The molecule has 4 rings (SSSR count). The zero-order valence-corrected chi connectivity index (χ0v) is 21.8. The summed E-state index contributed by atoms with van der Waals surface area (Å²) in [7, 11) is -1.51. The van der Waals surface area contributed by atoms with E-state index in [4.69, 9.17) is 37.8 Å². The third-order valence-electron chi connectivity index (χ3n) is 5.18. The second-order valence-electron chi connectivity index (χ2n) is 7.84. The van der Waals surface area contributed by atoms with Crippen molar-refractivity contribution in [2.45, 2.75) is 24.3 Å². The van der Waals surface area contributed by atoms with E-state index in [2.05, 4.69) is 10.0 Å². The quantitative estimate of drug-likeness (QED) is 0.371. The Morgan fingerprint density at radius 1 is 1.29 bits per heavy atom. The third kappa shape index (κ3) is 7.08. The lowest BCUT2D eigenvalue weighted by Crippen LogP contribution is -2.42. The standard InChI is InChI=1S/C21H21Cl2FN2O4S.CH5NS/c1-31(26-19(27)10-29-14-4-5-15(23)16(24)9-14)11-20(31)25-21(28)18-6-2-12-8-13(22)3-7-17(12)30-18;1-3-2/h3-5,7-9,18,20H,2,6,10-11H2,1H3,(H,25,28)(H,26,27);2H2,1H3. The molecule has 2 aliphatic heterocycles. The fourth-order valence-corrected chi connectivity index (χ4v) is 6.10. The first kappa shape index (κ1) is 26.7. The smallest absolute Gasteiger partial charge is 0.266 e. The van der Waals surface area contributed by atoms with Crippen LogP contribution in [0.2, 0.25) is 10.0 Å². The Bertz CT molecular complexity index is 1060. The SMILES string of the molecule is CS1(NC(=O)COc2ccc(Cl)c(F)c2)CC1NC(=O)C1CCc2cc(Cl)ccc2O1.CSN. The molecule has 1 fully saturated rings. The van der Waals surface area contributed by atoms with E-state index in [0.29, 0.717) is 29.4 Å². The number of nitrogens with one attached hydrogen (secondary N) is 2. The Morgan fingerprint density at radius 3 is 2.74 bits per heavy atom. The van der Waals surface area contributed by atoms with Gasteiger partial charge in [0.25, 0.3) is 11.8 Å². The molecule has 12 heteroatoms. The van der Waals surface area contributed by atoms with Crippen LogP contribution in [0, 0.1) is 5.82 Å². The zero-order valence-electron chi connectivity index (χ0n) is 18.6. The summed E-state index contributed by atoms with van der Waals surface area (Å²) >= 11 is 12.9. The Hall–Kier alpha value is -1.85. The van der Waals surface area contributed by atoms with Gasteiger partial charge in [-0.25, -0.2) is 4.39 Å². The van der Waals surface area contributed by atoms with E-state index in [9.17, 15) is 14.0 Å². The van der Waals surface area contributed by atoms with Crippen molar-refractivity contribution < 1.29 is 23.5 Å². The van der Waals surface area contributed by atoms with Crippen molar-refractivity contribution >= 4 is 57.2 Å². The van der Waals surface area contributed by atoms with Gasteiger partial charge in [0.1, 0.15) is 17.3 Å². The summed E-state index contributed by atoms with van der Waals surface area (Å²) in [5.74, 6) is 0.435. The minimum atomic E-state index is -1.51. The van der Waals surface area contributed by atoms with Crippen LogP contribution in [0.25, 0.3) is 0 Å². The number of rotatable bonds is 6. The van der Waals surface area contributed by atoms with E-state index in [1.54, 1.807) is 12.1 Å². The number of nitrogens with two attached hydrogens (primary N) is 1. The van der Waals surface area contributed by atoms with Crippen LogP contribution in [0.3, 0.4) is 0 Å². The molecule has 0 saturated carbocycles. The maximum Gasteiger partial charge on any atom is 0.266 e. The highest BCUT2D eigenvalue weighted by Gasteiger charge is 2.48. The molecule has 2 aromatic rings. The fourth-order valence-electron chi connectivity index (χ4n) is 3.36. The van der Waals surface area contributed by atoms with E-state index in [1.807, 2.05) is 18.6 Å². The van der Waals surface area contributed by atoms with Gasteiger partial charge in [-0.3, -0.25) is 14.7 Å². The number of amides is 2. The number of aryl methyl sites for hydroxylation is 1. The molecule has 0 spiro atoms. The molecule has 0 aliphatic carbocycles. The van der Waals surface area contributed by atoms with Crippen molar-refractivity contribution in [3.05, 3.63) is 57.8 Å². The number of carbonyl (C=O) groups excluding carboxylic acids is 2. The van der Waals surface area contributed by atoms with Gasteiger partial charge in [0.2, 0.25) is 0 Å². The van der Waals surface area contributed by atoms with Crippen LogP contribution in [0.15, 0.2) is 36.4 Å². The predicted octanol–water partition coefficient (Wildman–Crippen LogP) is 4.05. The molecule has 3 atom stereocenters. The molecule has 4 N–H and O–H groups in total. The summed E-state index contributed by atoms with van der Waals surface area (Å²) < 4.78 is 27.5. The molecule has 2 aromatic carbocycles. The van der Waals surface area contributed by atoms with Crippen molar-refractivity contribution in [1.29, 1.82) is 0 Å². The number of halogens is 3. The summed E-state index contributed by atoms with van der Waals surface area (Å²) in [6.07, 6.45) is 4.45. The monoisotopic (exact) mass is 549 g/mol. The molecule has 0 aromatic heterocycles. The lowest BCUT2D eigenvalue weighted by atomic mass is 10.0. The summed E-state index contributed by atoms with van der Waals surface area (Å²) in [6, 6.07) is 9.34. The van der Waals surface area contributed by atoms with E-state index in [-0.39, 0.29) is 34.6 Å². The topological polar surface area (TPSA) is 103 Å². The number of hydrogen-bond donors (Lipinski definition) is 3. The molecule has 2 aliphatic rings. The highest BCUT2D eigenvalue weighted by Crippen LogP contribution is 2.60. The molecule has 3 unspecified atom stereocenters. The minimum Gasteiger partial charge on any atom is -0.484 e. The van der Waals surface area contributed by atoms with Crippen LogP contribution in [0.4, 0.5) is 4.39 Å². The van der Waals surface area contributed by atoms with Gasteiger partial charge in [-0.15, -0.1) is 10.2 Å². The Labute approximate surface area is 213 Å². The van der Waals surface area contributed by atoms with Gasteiger partial charge < -0.3 is 19.5 Å². The van der Waals surface area contributed by atoms with E-state index < -0.39 is 22.1 Å². The number of hydrogen-bond acceptors (Lipinski definition) is 6. The van der Waals surface area contributed by atoms with E-state index in [0.717, 1.165) is 11.6 Å². The molecule has 1 saturated heterocycles. The predicted molar refractivity (Wildman–Crippen MR) is 137 cm³/mol. The number of fused-ring (bicyclic) bond motifs is 1. The van der Waals surface area contributed by atoms with Gasteiger partial charge in [-0.2, -0.15) is 0 Å². The molecular formula is C22H26Cl2FN3O4S2. The lowest BCUT2D eigenvalue weighted by molar-refractivity contribution is -0.128. The molecule has 0 radical (unpaired) electrons. The molecule has 2 amide bonds. The van der Waals surface area contributed by atoms with Gasteiger partial charge in [-0.1, -0.05) is 35.1 Å². The molecule has 186 valence electrons. The minimum absolute atomic E-state index is 0.0143. The van der Waals surface area contributed by atoms with Crippen LogP contribution < -0.4 is 24.7 Å². The van der Waals surface area contributed by atoms with Crippen LogP contribution in [-0.2, 0) is 16.0 Å². The third-order valence-corrected chi connectivity index (χ3v) is 8.56. The first-order valence-electron chi connectivity index (χ1n) is 10.3. The zero-order chi connectivity index (χ0) is 24.9. The maximum atomic E-state index is 13.4. The van der Waals surface area contributed by atoms with Crippen molar-refractivity contribution in [2.75, 3.05) is 24.9 Å². The van der Waals surface area contributed by atoms with Gasteiger partial charge in [-0.05, 0) is 61.2 Å². The molecule has 34 heavy (non-hydrogen) atoms. The Balaban J connectivity index is 0.00000103. The number of benzene rings is 2. The summed E-state index contributed by atoms with van der Waals surface area (Å²) in [5.41, 5.74) is 0.992. The largest absolute Gasteiger partial charge is 0.484 e. The van der Waals surface area contributed by atoms with Crippen LogP contribution in [0.1, 0.15) is 12.0 Å². The lowest BCUT2D eigenvalue weighted by Gasteiger charge is -2.26. The second kappa shape index (κ2) is 11.7. The Morgan fingerprint density at radius 2 is 2.03 bits per heavy atom. The maximum absolute atomic E-state index is 13.4. The van der Waals surface area contributed by atoms with Gasteiger partial charge >= 0.3 is 0 Å². The van der Waals surface area contributed by atoms with Crippen molar-refractivity contribution in [1.82, 2.24) is 10.0 Å². The highest BCUT2D eigenvalue weighted by molar-refractivity contribution is 8.38. The number of carbonyl (C=O) groups is 2. The normalized spacial score (nSPS) is 24.2. The van der Waals surface area contributed by atoms with Crippen LogP contribution in [0.5, 0.6) is 11.5 Å². The fraction of sp³-hybridized carbons (Fsp3) is 0.364. The average molecular weight is 551 g/mol. The summed E-state index contributed by atoms with van der Waals surface area (Å²) in [6.45, 7) is -0.255.